The predicted octanol–water partition coefficient (Wildman–Crippen LogP) is 2.92. The lowest BCUT2D eigenvalue weighted by Crippen LogP contribution is -2.33. The van der Waals surface area contributed by atoms with E-state index in [-0.39, 0.29) is 11.9 Å². The van der Waals surface area contributed by atoms with Gasteiger partial charge in [-0.05, 0) is 27.2 Å². The number of rotatable bonds is 7. The molecule has 0 spiro atoms. The Morgan fingerprint density at radius 2 is 2.11 bits per heavy atom. The Morgan fingerprint density at radius 1 is 1.39 bits per heavy atom. The number of unbranched alkanes of at least 4 members (excludes halogenated alkanes) is 2. The van der Waals surface area contributed by atoms with Crippen LogP contribution in [0.15, 0.2) is 4.52 Å². The van der Waals surface area contributed by atoms with E-state index in [1.165, 1.54) is 19.3 Å². The zero-order valence-electron chi connectivity index (χ0n) is 11.9. The maximum atomic E-state index is 11.9. The number of amides is 1. The van der Waals surface area contributed by atoms with Crippen LogP contribution in [0.5, 0.6) is 0 Å². The first kappa shape index (κ1) is 14.7. The summed E-state index contributed by atoms with van der Waals surface area (Å²) in [6, 6.07) is 0.240. The van der Waals surface area contributed by atoms with E-state index in [2.05, 4.69) is 24.3 Å². The normalized spacial score (nSPS) is 12.4. The lowest BCUT2D eigenvalue weighted by atomic mass is 10.1. The molecule has 1 atom stereocenters. The Balaban J connectivity index is 2.37. The minimum Gasteiger partial charge on any atom is -0.361 e. The second kappa shape index (κ2) is 7.19. The summed E-state index contributed by atoms with van der Waals surface area (Å²) in [5, 5.41) is 6.88. The van der Waals surface area contributed by atoms with Crippen molar-refractivity contribution in [1.82, 2.24) is 10.5 Å². The summed E-state index contributed by atoms with van der Waals surface area (Å²) in [7, 11) is 0. The average molecular weight is 252 g/mol. The van der Waals surface area contributed by atoms with E-state index in [9.17, 15) is 4.79 Å². The highest BCUT2D eigenvalue weighted by molar-refractivity contribution is 5.79. The number of carbonyl (C=O) groups is 1. The molecule has 1 heterocycles. The number of aromatic nitrogens is 1. The summed E-state index contributed by atoms with van der Waals surface area (Å²) in [5.74, 6) is 0.787. The number of hydrogen-bond acceptors (Lipinski definition) is 3. The van der Waals surface area contributed by atoms with E-state index in [0.717, 1.165) is 23.4 Å². The lowest BCUT2D eigenvalue weighted by molar-refractivity contribution is -0.121. The van der Waals surface area contributed by atoms with E-state index >= 15 is 0 Å². The van der Waals surface area contributed by atoms with Gasteiger partial charge in [-0.3, -0.25) is 4.79 Å². The molecule has 102 valence electrons. The van der Waals surface area contributed by atoms with Gasteiger partial charge in [-0.1, -0.05) is 31.3 Å². The quantitative estimate of drug-likeness (QED) is 0.759. The molecule has 4 heteroatoms. The van der Waals surface area contributed by atoms with Crippen LogP contribution in [0.25, 0.3) is 0 Å². The van der Waals surface area contributed by atoms with Crippen LogP contribution in [0.2, 0.25) is 0 Å². The number of aryl methyl sites for hydroxylation is 2. The average Bonchev–Trinajstić information content (AvgIpc) is 2.61. The van der Waals surface area contributed by atoms with Gasteiger partial charge in [0, 0.05) is 11.6 Å². The van der Waals surface area contributed by atoms with Gasteiger partial charge in [0.1, 0.15) is 5.76 Å². The Bertz CT molecular complexity index is 366. The van der Waals surface area contributed by atoms with Crippen molar-refractivity contribution in [2.24, 2.45) is 0 Å². The van der Waals surface area contributed by atoms with Crippen molar-refractivity contribution in [2.75, 3.05) is 0 Å². The highest BCUT2D eigenvalue weighted by atomic mass is 16.5. The fraction of sp³-hybridized carbons (Fsp3) is 0.714. The lowest BCUT2D eigenvalue weighted by Gasteiger charge is -2.13. The molecule has 1 N–H and O–H groups in total. The Morgan fingerprint density at radius 3 is 2.67 bits per heavy atom. The van der Waals surface area contributed by atoms with Gasteiger partial charge in [0.15, 0.2) is 0 Å². The second-order valence-electron chi connectivity index (χ2n) is 4.94. The highest BCUT2D eigenvalue weighted by Crippen LogP contribution is 2.13. The summed E-state index contributed by atoms with van der Waals surface area (Å²) in [6.45, 7) is 7.94. The minimum absolute atomic E-state index is 0.0494. The van der Waals surface area contributed by atoms with E-state index < -0.39 is 0 Å². The Hall–Kier alpha value is -1.32. The molecule has 0 radical (unpaired) electrons. The first-order valence-electron chi connectivity index (χ1n) is 6.75. The maximum Gasteiger partial charge on any atom is 0.224 e. The molecule has 0 bridgehead atoms. The van der Waals surface area contributed by atoms with Crippen LogP contribution in [0.1, 0.15) is 56.5 Å². The Labute approximate surface area is 109 Å². The van der Waals surface area contributed by atoms with Crippen molar-refractivity contribution >= 4 is 5.91 Å². The summed E-state index contributed by atoms with van der Waals surface area (Å²) < 4.78 is 5.05. The largest absolute Gasteiger partial charge is 0.361 e. The molecule has 4 nitrogen and oxygen atoms in total. The predicted molar refractivity (Wildman–Crippen MR) is 71.4 cm³/mol. The standard InChI is InChI=1S/C14H24N2O2/c1-5-6-7-8-10(2)15-14(17)9-13-11(3)16-18-12(13)4/h10H,5-9H2,1-4H3,(H,15,17). The van der Waals surface area contributed by atoms with Crippen molar-refractivity contribution in [1.29, 1.82) is 0 Å². The molecular weight excluding hydrogens is 228 g/mol. The molecular formula is C14H24N2O2. The van der Waals surface area contributed by atoms with Gasteiger partial charge >= 0.3 is 0 Å². The van der Waals surface area contributed by atoms with Crippen LogP contribution in [-0.4, -0.2) is 17.1 Å². The number of nitrogens with zero attached hydrogens (tertiary/aromatic N) is 1. The summed E-state index contributed by atoms with van der Waals surface area (Å²) in [4.78, 5) is 11.9. The van der Waals surface area contributed by atoms with Crippen molar-refractivity contribution in [3.05, 3.63) is 17.0 Å². The molecule has 1 aromatic heterocycles. The molecule has 0 saturated heterocycles. The van der Waals surface area contributed by atoms with Gasteiger partial charge in [-0.2, -0.15) is 0 Å². The first-order chi connectivity index (χ1) is 8.54. The van der Waals surface area contributed by atoms with E-state index in [4.69, 9.17) is 4.52 Å². The van der Waals surface area contributed by atoms with Crippen LogP contribution >= 0.6 is 0 Å². The third kappa shape index (κ3) is 4.51. The van der Waals surface area contributed by atoms with E-state index in [1.807, 2.05) is 13.8 Å². The molecule has 0 aromatic carbocycles. The van der Waals surface area contributed by atoms with Gasteiger partial charge in [0.25, 0.3) is 0 Å². The molecule has 1 rings (SSSR count). The van der Waals surface area contributed by atoms with Crippen LogP contribution in [0.4, 0.5) is 0 Å². The maximum absolute atomic E-state index is 11.9. The molecule has 18 heavy (non-hydrogen) atoms. The van der Waals surface area contributed by atoms with Crippen molar-refractivity contribution < 1.29 is 9.32 Å². The number of carbonyl (C=O) groups excluding carboxylic acids is 1. The number of hydrogen-bond donors (Lipinski definition) is 1. The smallest absolute Gasteiger partial charge is 0.224 e. The molecule has 0 aliphatic rings. The summed E-state index contributed by atoms with van der Waals surface area (Å²) >= 11 is 0. The monoisotopic (exact) mass is 252 g/mol. The molecule has 0 fully saturated rings. The van der Waals surface area contributed by atoms with Crippen molar-refractivity contribution in [2.45, 2.75) is 65.8 Å². The van der Waals surface area contributed by atoms with E-state index in [0.29, 0.717) is 6.42 Å². The van der Waals surface area contributed by atoms with Crippen LogP contribution in [0.3, 0.4) is 0 Å². The Kier molecular flexibility index (Phi) is 5.89. The van der Waals surface area contributed by atoms with Gasteiger partial charge in [0.05, 0.1) is 12.1 Å². The van der Waals surface area contributed by atoms with Gasteiger partial charge in [0.2, 0.25) is 5.91 Å². The van der Waals surface area contributed by atoms with Crippen LogP contribution in [-0.2, 0) is 11.2 Å². The number of nitrogens with one attached hydrogen (secondary N) is 1. The molecule has 0 aliphatic heterocycles. The van der Waals surface area contributed by atoms with Crippen LogP contribution in [0, 0.1) is 13.8 Å². The van der Waals surface area contributed by atoms with Gasteiger partial charge in [-0.15, -0.1) is 0 Å². The zero-order chi connectivity index (χ0) is 13.5. The fourth-order valence-electron chi connectivity index (χ4n) is 2.01. The summed E-state index contributed by atoms with van der Waals surface area (Å²) in [6.07, 6.45) is 5.01. The molecule has 0 saturated carbocycles. The first-order valence-corrected chi connectivity index (χ1v) is 6.75. The molecule has 1 aromatic rings. The topological polar surface area (TPSA) is 55.1 Å². The van der Waals surface area contributed by atoms with Gasteiger partial charge in [-0.25, -0.2) is 0 Å². The zero-order valence-corrected chi connectivity index (χ0v) is 11.9. The fourth-order valence-corrected chi connectivity index (χ4v) is 2.01. The second-order valence-corrected chi connectivity index (χ2v) is 4.94. The highest BCUT2D eigenvalue weighted by Gasteiger charge is 2.14. The van der Waals surface area contributed by atoms with Crippen molar-refractivity contribution in [3.8, 4) is 0 Å². The van der Waals surface area contributed by atoms with Crippen molar-refractivity contribution in [3.63, 3.8) is 0 Å². The SMILES string of the molecule is CCCCCC(C)NC(=O)Cc1c(C)noc1C. The molecule has 0 aliphatic carbocycles. The van der Waals surface area contributed by atoms with Crippen LogP contribution < -0.4 is 5.32 Å². The van der Waals surface area contributed by atoms with E-state index in [1.54, 1.807) is 0 Å². The summed E-state index contributed by atoms with van der Waals surface area (Å²) in [5.41, 5.74) is 1.72. The third-order valence-electron chi connectivity index (χ3n) is 3.17. The molecule has 1 amide bonds. The van der Waals surface area contributed by atoms with Gasteiger partial charge < -0.3 is 9.84 Å². The minimum atomic E-state index is 0.0494. The molecule has 1 unspecified atom stereocenters. The third-order valence-corrected chi connectivity index (χ3v) is 3.17.